The molecule has 2 unspecified atom stereocenters. The van der Waals surface area contributed by atoms with Gasteiger partial charge in [0.1, 0.15) is 5.60 Å². The number of amides is 1. The first kappa shape index (κ1) is 24.3. The molecule has 158 valence electrons. The number of carbonyl (C=O) groups is 1. The van der Waals surface area contributed by atoms with Gasteiger partial charge < -0.3 is 20.3 Å². The lowest BCUT2D eigenvalue weighted by Gasteiger charge is -2.25. The van der Waals surface area contributed by atoms with Crippen molar-refractivity contribution in [2.24, 2.45) is 4.99 Å². The minimum absolute atomic E-state index is 0. The highest BCUT2D eigenvalue weighted by molar-refractivity contribution is 14.0. The first-order valence-electron chi connectivity index (χ1n) is 10.1. The monoisotopic (exact) mass is 495 g/mol. The Bertz CT molecular complexity index is 495. The standard InChI is InChI=1S/C19H37N5O2.HI/c1-6-20-17(21-13-16-9-8-11-23(16)7-2)24-12-10-15(14-24)22-18(25)26-19(3,4)5;/h15-16H,6-14H2,1-5H3,(H,20,21)(H,22,25);1H. The van der Waals surface area contributed by atoms with Crippen LogP contribution in [0.4, 0.5) is 4.79 Å². The van der Waals surface area contributed by atoms with Crippen LogP contribution >= 0.6 is 24.0 Å². The number of likely N-dealkylation sites (N-methyl/N-ethyl adjacent to an activating group) is 1. The highest BCUT2D eigenvalue weighted by atomic mass is 127. The molecule has 2 saturated heterocycles. The summed E-state index contributed by atoms with van der Waals surface area (Å²) < 4.78 is 5.36. The van der Waals surface area contributed by atoms with E-state index in [0.717, 1.165) is 45.1 Å². The maximum Gasteiger partial charge on any atom is 0.407 e. The van der Waals surface area contributed by atoms with Gasteiger partial charge in [0.05, 0.1) is 12.6 Å². The van der Waals surface area contributed by atoms with E-state index in [1.54, 1.807) is 0 Å². The summed E-state index contributed by atoms with van der Waals surface area (Å²) in [5.41, 5.74) is -0.467. The average molecular weight is 495 g/mol. The Morgan fingerprint density at radius 1 is 1.22 bits per heavy atom. The number of likely N-dealkylation sites (tertiary alicyclic amines) is 2. The van der Waals surface area contributed by atoms with Crippen LogP contribution in [0.3, 0.4) is 0 Å². The van der Waals surface area contributed by atoms with Gasteiger partial charge in [-0.05, 0) is 60.0 Å². The number of hydrogen-bond acceptors (Lipinski definition) is 4. The molecule has 8 heteroatoms. The first-order valence-corrected chi connectivity index (χ1v) is 10.1. The molecule has 0 spiro atoms. The number of hydrogen-bond donors (Lipinski definition) is 2. The van der Waals surface area contributed by atoms with Crippen LogP contribution in [0.5, 0.6) is 0 Å². The van der Waals surface area contributed by atoms with Crippen molar-refractivity contribution in [3.05, 3.63) is 0 Å². The maximum atomic E-state index is 12.0. The molecule has 1 amide bonds. The van der Waals surface area contributed by atoms with E-state index in [1.165, 1.54) is 19.4 Å². The molecule has 0 radical (unpaired) electrons. The number of rotatable bonds is 5. The molecule has 0 aromatic heterocycles. The van der Waals surface area contributed by atoms with E-state index in [1.807, 2.05) is 20.8 Å². The lowest BCUT2D eigenvalue weighted by molar-refractivity contribution is 0.0507. The highest BCUT2D eigenvalue weighted by Crippen LogP contribution is 2.17. The third-order valence-corrected chi connectivity index (χ3v) is 4.90. The van der Waals surface area contributed by atoms with Crippen molar-refractivity contribution in [3.63, 3.8) is 0 Å². The highest BCUT2D eigenvalue weighted by Gasteiger charge is 2.28. The minimum atomic E-state index is -0.467. The molecule has 2 aliphatic heterocycles. The summed E-state index contributed by atoms with van der Waals surface area (Å²) >= 11 is 0. The minimum Gasteiger partial charge on any atom is -0.444 e. The summed E-state index contributed by atoms with van der Waals surface area (Å²) in [5.74, 6) is 0.962. The maximum absolute atomic E-state index is 12.0. The van der Waals surface area contributed by atoms with Crippen molar-refractivity contribution in [2.45, 2.75) is 71.6 Å². The zero-order valence-corrected chi connectivity index (χ0v) is 19.9. The van der Waals surface area contributed by atoms with Gasteiger partial charge in [-0.15, -0.1) is 24.0 Å². The van der Waals surface area contributed by atoms with Crippen molar-refractivity contribution in [1.29, 1.82) is 0 Å². The predicted molar refractivity (Wildman–Crippen MR) is 121 cm³/mol. The number of guanidine groups is 1. The summed E-state index contributed by atoms with van der Waals surface area (Å²) in [5, 5.41) is 6.39. The van der Waals surface area contributed by atoms with Gasteiger partial charge in [0, 0.05) is 25.7 Å². The normalized spacial score (nSPS) is 23.9. The van der Waals surface area contributed by atoms with E-state index >= 15 is 0 Å². The summed E-state index contributed by atoms with van der Waals surface area (Å²) in [4.78, 5) is 21.6. The second-order valence-electron chi connectivity index (χ2n) is 8.20. The SMILES string of the molecule is CCNC(=NCC1CCCN1CC)N1CCC(NC(=O)OC(C)(C)C)C1.I. The Labute approximate surface area is 181 Å². The largest absolute Gasteiger partial charge is 0.444 e. The fourth-order valence-electron chi connectivity index (χ4n) is 3.68. The quantitative estimate of drug-likeness (QED) is 0.349. The van der Waals surface area contributed by atoms with Gasteiger partial charge in [-0.1, -0.05) is 6.92 Å². The Balaban J connectivity index is 0.00000364. The second-order valence-corrected chi connectivity index (χ2v) is 8.20. The molecule has 0 saturated carbocycles. The number of nitrogens with zero attached hydrogens (tertiary/aromatic N) is 3. The van der Waals surface area contributed by atoms with E-state index < -0.39 is 5.60 Å². The molecule has 2 aliphatic rings. The summed E-state index contributed by atoms with van der Waals surface area (Å²) in [6, 6.07) is 0.666. The zero-order chi connectivity index (χ0) is 19.2. The van der Waals surface area contributed by atoms with Gasteiger partial charge in [0.2, 0.25) is 0 Å². The van der Waals surface area contributed by atoms with E-state index in [4.69, 9.17) is 9.73 Å². The summed E-state index contributed by atoms with van der Waals surface area (Å²) in [6.07, 6.45) is 3.08. The summed E-state index contributed by atoms with van der Waals surface area (Å²) in [6.45, 7) is 15.6. The van der Waals surface area contributed by atoms with E-state index in [2.05, 4.69) is 34.3 Å². The smallest absolute Gasteiger partial charge is 0.407 e. The fourth-order valence-corrected chi connectivity index (χ4v) is 3.68. The van der Waals surface area contributed by atoms with Gasteiger partial charge in [-0.25, -0.2) is 4.79 Å². The molecule has 0 aromatic carbocycles. The number of nitrogens with one attached hydrogen (secondary N) is 2. The molecule has 2 rings (SSSR count). The molecule has 7 nitrogen and oxygen atoms in total. The van der Waals surface area contributed by atoms with Crippen molar-refractivity contribution in [2.75, 3.05) is 39.3 Å². The van der Waals surface area contributed by atoms with Crippen LogP contribution in [0.25, 0.3) is 0 Å². The number of aliphatic imine (C=N–C) groups is 1. The molecular weight excluding hydrogens is 457 g/mol. The number of alkyl carbamates (subject to hydrolysis) is 1. The Kier molecular flexibility index (Phi) is 10.1. The Morgan fingerprint density at radius 3 is 2.59 bits per heavy atom. The van der Waals surface area contributed by atoms with Gasteiger partial charge in [-0.2, -0.15) is 0 Å². The first-order chi connectivity index (χ1) is 12.3. The van der Waals surface area contributed by atoms with Crippen LogP contribution in [0, 0.1) is 0 Å². The lowest BCUT2D eigenvalue weighted by atomic mass is 10.2. The van der Waals surface area contributed by atoms with Gasteiger partial charge >= 0.3 is 6.09 Å². The molecule has 2 atom stereocenters. The van der Waals surface area contributed by atoms with Crippen LogP contribution < -0.4 is 10.6 Å². The third-order valence-electron chi connectivity index (χ3n) is 4.90. The number of carbonyl (C=O) groups excluding carboxylic acids is 1. The lowest BCUT2D eigenvalue weighted by Crippen LogP contribution is -2.44. The van der Waals surface area contributed by atoms with Crippen molar-refractivity contribution in [1.82, 2.24) is 20.4 Å². The van der Waals surface area contributed by atoms with Crippen LogP contribution in [0.15, 0.2) is 4.99 Å². The molecule has 27 heavy (non-hydrogen) atoms. The zero-order valence-electron chi connectivity index (χ0n) is 17.6. The van der Waals surface area contributed by atoms with Crippen molar-refractivity contribution in [3.8, 4) is 0 Å². The Hall–Kier alpha value is -0.770. The topological polar surface area (TPSA) is 69.2 Å². The average Bonchev–Trinajstić information content (AvgIpc) is 3.18. The molecule has 2 N–H and O–H groups in total. The predicted octanol–water partition coefficient (Wildman–Crippen LogP) is 2.65. The van der Waals surface area contributed by atoms with Crippen LogP contribution in [0.1, 0.15) is 53.9 Å². The molecule has 0 aliphatic carbocycles. The molecule has 2 fully saturated rings. The van der Waals surface area contributed by atoms with E-state index in [-0.39, 0.29) is 36.1 Å². The number of ether oxygens (including phenoxy) is 1. The fraction of sp³-hybridized carbons (Fsp3) is 0.895. The van der Waals surface area contributed by atoms with Crippen LogP contribution in [-0.2, 0) is 4.74 Å². The Morgan fingerprint density at radius 2 is 1.96 bits per heavy atom. The van der Waals surface area contributed by atoms with E-state index in [0.29, 0.717) is 6.04 Å². The van der Waals surface area contributed by atoms with Gasteiger partial charge in [-0.3, -0.25) is 9.89 Å². The van der Waals surface area contributed by atoms with Crippen LogP contribution in [0.2, 0.25) is 0 Å². The molecule has 2 heterocycles. The van der Waals surface area contributed by atoms with Gasteiger partial charge in [0.25, 0.3) is 0 Å². The van der Waals surface area contributed by atoms with Gasteiger partial charge in [0.15, 0.2) is 5.96 Å². The molecule has 0 bridgehead atoms. The second kappa shape index (κ2) is 11.3. The van der Waals surface area contributed by atoms with Crippen LogP contribution in [-0.4, -0.2) is 78.8 Å². The number of halogens is 1. The van der Waals surface area contributed by atoms with E-state index in [9.17, 15) is 4.79 Å². The van der Waals surface area contributed by atoms with Crippen molar-refractivity contribution < 1.29 is 9.53 Å². The van der Waals surface area contributed by atoms with Crippen molar-refractivity contribution >= 4 is 36.0 Å². The summed E-state index contributed by atoms with van der Waals surface area (Å²) in [7, 11) is 0. The third kappa shape index (κ3) is 8.01. The molecular formula is C19H38IN5O2. The molecule has 0 aromatic rings.